The molecule has 1 spiro atoms. The number of nitrogens with zero attached hydrogens (tertiary/aromatic N) is 2. The Morgan fingerprint density at radius 1 is 0.299 bits per heavy atom. The quantitative estimate of drug-likeness (QED) is 0.158. The highest BCUT2D eigenvalue weighted by molar-refractivity contribution is 6.02. The van der Waals surface area contributed by atoms with Crippen molar-refractivity contribution in [1.29, 1.82) is 0 Å². The van der Waals surface area contributed by atoms with Crippen molar-refractivity contribution in [3.05, 3.63) is 289 Å². The van der Waals surface area contributed by atoms with Gasteiger partial charge >= 0.3 is 0 Å². The molecule has 1 aliphatic heterocycles. The monoisotopic (exact) mass is 852 g/mol. The number of hydrogen-bond acceptors (Lipinski definition) is 2. The van der Waals surface area contributed by atoms with Crippen LogP contribution < -0.4 is 9.80 Å². The van der Waals surface area contributed by atoms with Gasteiger partial charge in [0.25, 0.3) is 0 Å². The van der Waals surface area contributed by atoms with Crippen molar-refractivity contribution in [2.24, 2.45) is 0 Å². The number of anilines is 6. The molecule has 0 radical (unpaired) electrons. The van der Waals surface area contributed by atoms with Gasteiger partial charge in [0.05, 0.1) is 22.5 Å². The molecule has 11 aromatic rings. The van der Waals surface area contributed by atoms with E-state index >= 15 is 0 Å². The van der Waals surface area contributed by atoms with E-state index in [1.807, 2.05) is 0 Å². The zero-order valence-corrected chi connectivity index (χ0v) is 36.8. The molecule has 2 nitrogen and oxygen atoms in total. The van der Waals surface area contributed by atoms with E-state index in [1.54, 1.807) is 0 Å². The summed E-state index contributed by atoms with van der Waals surface area (Å²) in [6.45, 7) is 0. The zero-order chi connectivity index (χ0) is 44.3. The van der Waals surface area contributed by atoms with Crippen LogP contribution in [0, 0.1) is 0 Å². The molecule has 314 valence electrons. The summed E-state index contributed by atoms with van der Waals surface area (Å²) in [7, 11) is 0. The van der Waals surface area contributed by atoms with Crippen molar-refractivity contribution in [2.75, 3.05) is 9.80 Å². The van der Waals surface area contributed by atoms with Crippen molar-refractivity contribution in [3.63, 3.8) is 0 Å². The Balaban J connectivity index is 0.957. The van der Waals surface area contributed by atoms with Gasteiger partial charge in [-0.2, -0.15) is 0 Å². The number of rotatable bonds is 7. The third-order valence-electron chi connectivity index (χ3n) is 14.0. The van der Waals surface area contributed by atoms with Gasteiger partial charge < -0.3 is 9.80 Å². The Bertz CT molecular complexity index is 3590. The Labute approximate surface area is 391 Å². The molecular weight excluding hydrogens is 809 g/mol. The third kappa shape index (κ3) is 6.11. The number of hydrogen-bond donors (Lipinski definition) is 0. The van der Waals surface area contributed by atoms with Crippen LogP contribution in [0.3, 0.4) is 0 Å². The summed E-state index contributed by atoms with van der Waals surface area (Å²) >= 11 is 0. The fourth-order valence-corrected chi connectivity index (χ4v) is 11.2. The van der Waals surface area contributed by atoms with E-state index in [1.165, 1.54) is 88.9 Å². The minimum absolute atomic E-state index is 0.509. The predicted octanol–water partition coefficient (Wildman–Crippen LogP) is 17.5. The maximum absolute atomic E-state index is 2.44. The number of para-hydroxylation sites is 4. The first-order valence-corrected chi connectivity index (χ1v) is 23.2. The highest BCUT2D eigenvalue weighted by atomic mass is 15.2. The molecule has 0 atom stereocenters. The standard InChI is InChI=1S/C65H44N2/c1-4-19-45(20-5-1)46-37-40-52(41-38-46)66(61-32-15-11-25-54(61)47-21-6-2-7-22-47)53-42-39-48-43-50(36-35-49(48)44-53)55-27-18-31-60-64(55)56-26-10-12-28-57(56)65(60)58-29-13-16-33-62(58)67(51-23-8-3-9-24-51)63-34-17-14-30-59(63)65/h1-44H. The lowest BCUT2D eigenvalue weighted by molar-refractivity contribution is 0.753. The summed E-state index contributed by atoms with van der Waals surface area (Å²) in [6, 6.07) is 98.0. The second-order valence-corrected chi connectivity index (χ2v) is 17.6. The second kappa shape index (κ2) is 15.8. The molecule has 0 amide bonds. The third-order valence-corrected chi connectivity index (χ3v) is 14.0. The molecule has 0 unspecified atom stereocenters. The molecule has 67 heavy (non-hydrogen) atoms. The summed E-state index contributed by atoms with van der Waals surface area (Å²) in [5, 5.41) is 2.38. The van der Waals surface area contributed by atoms with Gasteiger partial charge in [0, 0.05) is 22.6 Å². The van der Waals surface area contributed by atoms with Gasteiger partial charge in [-0.15, -0.1) is 0 Å². The van der Waals surface area contributed by atoms with Crippen LogP contribution in [0.4, 0.5) is 34.1 Å². The lowest BCUT2D eigenvalue weighted by Gasteiger charge is -2.45. The zero-order valence-electron chi connectivity index (χ0n) is 36.8. The fraction of sp³-hybridized carbons (Fsp3) is 0.0154. The maximum atomic E-state index is 2.44. The van der Waals surface area contributed by atoms with Crippen molar-refractivity contribution in [1.82, 2.24) is 0 Å². The summed E-state index contributed by atoms with van der Waals surface area (Å²) in [4.78, 5) is 4.85. The van der Waals surface area contributed by atoms with Crippen molar-refractivity contribution >= 4 is 44.9 Å². The number of benzene rings is 11. The summed E-state index contributed by atoms with van der Waals surface area (Å²) in [5.74, 6) is 0. The van der Waals surface area contributed by atoms with Gasteiger partial charge in [-0.05, 0) is 133 Å². The highest BCUT2D eigenvalue weighted by Gasteiger charge is 2.52. The van der Waals surface area contributed by atoms with Gasteiger partial charge in [-0.25, -0.2) is 0 Å². The van der Waals surface area contributed by atoms with Crippen LogP contribution in [-0.4, -0.2) is 0 Å². The van der Waals surface area contributed by atoms with Crippen LogP contribution in [0.2, 0.25) is 0 Å². The van der Waals surface area contributed by atoms with Crippen molar-refractivity contribution < 1.29 is 0 Å². The molecule has 0 fully saturated rings. The molecule has 11 aromatic carbocycles. The SMILES string of the molecule is c1ccc(-c2ccc(N(c3ccc4cc(-c5cccc6c5-c5ccccc5C65c6ccccc6N(c6ccccc6)c6ccccc65)ccc4c3)c3ccccc3-c3ccccc3)cc2)cc1. The van der Waals surface area contributed by atoms with E-state index in [4.69, 9.17) is 0 Å². The van der Waals surface area contributed by atoms with Crippen LogP contribution in [0.5, 0.6) is 0 Å². The molecule has 0 N–H and O–H groups in total. The van der Waals surface area contributed by atoms with Crippen molar-refractivity contribution in [3.8, 4) is 44.5 Å². The van der Waals surface area contributed by atoms with E-state index < -0.39 is 5.41 Å². The highest BCUT2D eigenvalue weighted by Crippen LogP contribution is 2.64. The molecule has 0 bridgehead atoms. The van der Waals surface area contributed by atoms with Crippen LogP contribution in [0.1, 0.15) is 22.3 Å². The van der Waals surface area contributed by atoms with Crippen LogP contribution >= 0.6 is 0 Å². The Hall–Kier alpha value is -8.72. The first-order valence-electron chi connectivity index (χ1n) is 23.2. The van der Waals surface area contributed by atoms with Gasteiger partial charge in [0.1, 0.15) is 0 Å². The molecular formula is C65H44N2. The smallest absolute Gasteiger partial charge is 0.0754 e. The average Bonchev–Trinajstić information content (AvgIpc) is 3.70. The van der Waals surface area contributed by atoms with E-state index in [9.17, 15) is 0 Å². The molecule has 0 saturated carbocycles. The topological polar surface area (TPSA) is 6.48 Å². The van der Waals surface area contributed by atoms with E-state index in [2.05, 4.69) is 277 Å². The fourth-order valence-electron chi connectivity index (χ4n) is 11.2. The predicted molar refractivity (Wildman–Crippen MR) is 280 cm³/mol. The number of fused-ring (bicyclic) bond motifs is 10. The van der Waals surface area contributed by atoms with E-state index in [0.29, 0.717) is 0 Å². The van der Waals surface area contributed by atoms with E-state index in [0.717, 1.165) is 22.7 Å². The van der Waals surface area contributed by atoms with Gasteiger partial charge in [-0.3, -0.25) is 0 Å². The maximum Gasteiger partial charge on any atom is 0.0754 e. The van der Waals surface area contributed by atoms with Gasteiger partial charge in [0.2, 0.25) is 0 Å². The molecule has 1 heterocycles. The van der Waals surface area contributed by atoms with Gasteiger partial charge in [-0.1, -0.05) is 206 Å². The Morgan fingerprint density at radius 2 is 0.791 bits per heavy atom. The van der Waals surface area contributed by atoms with Crippen LogP contribution in [-0.2, 0) is 5.41 Å². The summed E-state index contributed by atoms with van der Waals surface area (Å²) in [6.07, 6.45) is 0. The Morgan fingerprint density at radius 3 is 1.51 bits per heavy atom. The normalized spacial score (nSPS) is 12.9. The molecule has 1 aliphatic carbocycles. The second-order valence-electron chi connectivity index (χ2n) is 17.6. The minimum Gasteiger partial charge on any atom is -0.310 e. The lowest BCUT2D eigenvalue weighted by Crippen LogP contribution is -2.36. The molecule has 13 rings (SSSR count). The van der Waals surface area contributed by atoms with Crippen molar-refractivity contribution in [2.45, 2.75) is 5.41 Å². The Kier molecular flexibility index (Phi) is 9.11. The van der Waals surface area contributed by atoms with Crippen LogP contribution in [0.25, 0.3) is 55.3 Å². The summed E-state index contributed by atoms with van der Waals surface area (Å²) in [5.41, 5.74) is 21.4. The minimum atomic E-state index is -0.509. The molecule has 2 aliphatic rings. The summed E-state index contributed by atoms with van der Waals surface area (Å²) < 4.78 is 0. The van der Waals surface area contributed by atoms with Gasteiger partial charge in [0.15, 0.2) is 0 Å². The van der Waals surface area contributed by atoms with E-state index in [-0.39, 0.29) is 0 Å². The molecule has 2 heteroatoms. The largest absolute Gasteiger partial charge is 0.310 e. The first-order chi connectivity index (χ1) is 33.3. The van der Waals surface area contributed by atoms with Crippen LogP contribution in [0.15, 0.2) is 267 Å². The molecule has 0 aromatic heterocycles. The first kappa shape index (κ1) is 38.7. The molecule has 0 saturated heterocycles. The lowest BCUT2D eigenvalue weighted by atomic mass is 9.64. The average molecular weight is 853 g/mol.